The van der Waals surface area contributed by atoms with Crippen molar-refractivity contribution in [2.45, 2.75) is 116 Å². The van der Waals surface area contributed by atoms with E-state index in [4.69, 9.17) is 14.2 Å². The average Bonchev–Trinajstić information content (AvgIpc) is 3.06. The monoisotopic (exact) mass is 624 g/mol. The van der Waals surface area contributed by atoms with Gasteiger partial charge in [-0.25, -0.2) is 4.79 Å². The van der Waals surface area contributed by atoms with E-state index in [2.05, 4.69) is 17.6 Å². The summed E-state index contributed by atoms with van der Waals surface area (Å²) in [4.78, 5) is 51.9. The average molecular weight is 625 g/mol. The molecule has 45 heavy (non-hydrogen) atoms. The van der Waals surface area contributed by atoms with Crippen molar-refractivity contribution in [3.05, 3.63) is 71.8 Å². The smallest absolute Gasteiger partial charge is 0.328 e. The largest absolute Gasteiger partial charge is 0.461 e. The normalized spacial score (nSPS) is 12.1. The van der Waals surface area contributed by atoms with Gasteiger partial charge in [0.05, 0.1) is 6.61 Å². The number of unbranched alkanes of at least 4 members (excludes halogenated alkanes) is 7. The molecule has 0 aliphatic carbocycles. The molecule has 2 aromatic rings. The molecule has 0 bridgehead atoms. The van der Waals surface area contributed by atoms with Crippen LogP contribution in [0.15, 0.2) is 60.7 Å². The van der Waals surface area contributed by atoms with E-state index in [0.29, 0.717) is 13.0 Å². The maximum absolute atomic E-state index is 13.4. The Hall–Kier alpha value is -3.72. The third-order valence-corrected chi connectivity index (χ3v) is 7.29. The fourth-order valence-corrected chi connectivity index (χ4v) is 4.56. The number of amides is 2. The van der Waals surface area contributed by atoms with Gasteiger partial charge in [0.15, 0.2) is 0 Å². The van der Waals surface area contributed by atoms with Gasteiger partial charge in [-0.2, -0.15) is 0 Å². The molecule has 248 valence electrons. The SMILES string of the molecule is CCCCCCCCCC(=O)N[C@@H](COCCCC)C(=O)N[C@H](CCC(=O)OCc1ccccc1)C(=O)OCc1ccccc1. The first-order valence-electron chi connectivity index (χ1n) is 16.5. The van der Waals surface area contributed by atoms with Crippen LogP contribution in [0.5, 0.6) is 0 Å². The van der Waals surface area contributed by atoms with E-state index in [9.17, 15) is 19.2 Å². The van der Waals surface area contributed by atoms with Crippen LogP contribution >= 0.6 is 0 Å². The van der Waals surface area contributed by atoms with Crippen molar-refractivity contribution in [2.75, 3.05) is 13.2 Å². The number of benzene rings is 2. The zero-order valence-corrected chi connectivity index (χ0v) is 27.1. The molecule has 0 unspecified atom stereocenters. The molecular formula is C36H52N2O7. The highest BCUT2D eigenvalue weighted by molar-refractivity contribution is 5.91. The first kappa shape index (κ1) is 37.5. The number of hydrogen-bond acceptors (Lipinski definition) is 7. The van der Waals surface area contributed by atoms with Crippen molar-refractivity contribution in [3.8, 4) is 0 Å². The predicted octanol–water partition coefficient (Wildman–Crippen LogP) is 6.18. The fourth-order valence-electron chi connectivity index (χ4n) is 4.56. The minimum absolute atomic E-state index is 0.0171. The van der Waals surface area contributed by atoms with Gasteiger partial charge in [0.25, 0.3) is 0 Å². The number of carbonyl (C=O) groups is 4. The maximum atomic E-state index is 13.4. The van der Waals surface area contributed by atoms with Crippen LogP contribution in [-0.2, 0) is 46.6 Å². The van der Waals surface area contributed by atoms with Gasteiger partial charge < -0.3 is 24.8 Å². The zero-order chi connectivity index (χ0) is 32.5. The molecule has 2 atom stereocenters. The van der Waals surface area contributed by atoms with Crippen LogP contribution in [-0.4, -0.2) is 49.1 Å². The highest BCUT2D eigenvalue weighted by Crippen LogP contribution is 2.10. The quantitative estimate of drug-likeness (QED) is 0.106. The summed E-state index contributed by atoms with van der Waals surface area (Å²) >= 11 is 0. The Morgan fingerprint density at radius 2 is 1.22 bits per heavy atom. The van der Waals surface area contributed by atoms with Gasteiger partial charge >= 0.3 is 11.9 Å². The molecule has 0 radical (unpaired) electrons. The van der Waals surface area contributed by atoms with Crippen molar-refractivity contribution in [1.82, 2.24) is 10.6 Å². The van der Waals surface area contributed by atoms with Gasteiger partial charge in [0, 0.05) is 19.4 Å². The molecule has 2 aromatic carbocycles. The van der Waals surface area contributed by atoms with E-state index in [-0.39, 0.29) is 38.6 Å². The Labute approximate surface area is 268 Å². The summed E-state index contributed by atoms with van der Waals surface area (Å²) in [5.41, 5.74) is 1.63. The highest BCUT2D eigenvalue weighted by atomic mass is 16.5. The van der Waals surface area contributed by atoms with E-state index in [1.54, 1.807) is 0 Å². The highest BCUT2D eigenvalue weighted by Gasteiger charge is 2.28. The molecule has 2 N–H and O–H groups in total. The maximum Gasteiger partial charge on any atom is 0.328 e. The molecule has 0 spiro atoms. The van der Waals surface area contributed by atoms with Crippen LogP contribution in [0.25, 0.3) is 0 Å². The first-order chi connectivity index (χ1) is 21.9. The standard InChI is InChI=1S/C36H52N2O7/c1-3-5-7-8-9-10-17-22-33(39)37-32(28-43-25-6-4-2)35(41)38-31(36(42)45-27-30-20-15-12-16-21-30)23-24-34(40)44-26-29-18-13-11-14-19-29/h11-16,18-21,31-32H,3-10,17,22-28H2,1-2H3,(H,37,39)(H,38,41)/t31-,32+/m1/s1. The van der Waals surface area contributed by atoms with Crippen LogP contribution in [0, 0.1) is 0 Å². The second-order valence-corrected chi connectivity index (χ2v) is 11.3. The lowest BCUT2D eigenvalue weighted by atomic mass is 10.1. The predicted molar refractivity (Wildman–Crippen MR) is 174 cm³/mol. The summed E-state index contributed by atoms with van der Waals surface area (Å²) < 4.78 is 16.6. The number of carbonyl (C=O) groups excluding carboxylic acids is 4. The Balaban J connectivity index is 2.00. The van der Waals surface area contributed by atoms with Crippen LogP contribution < -0.4 is 10.6 Å². The molecule has 0 fully saturated rings. The molecule has 9 nitrogen and oxygen atoms in total. The first-order valence-corrected chi connectivity index (χ1v) is 16.5. The molecule has 2 amide bonds. The van der Waals surface area contributed by atoms with Gasteiger partial charge in [-0.1, -0.05) is 119 Å². The fraction of sp³-hybridized carbons (Fsp3) is 0.556. The summed E-state index contributed by atoms with van der Waals surface area (Å²) in [6.45, 7) is 4.76. The molecular weight excluding hydrogens is 572 g/mol. The number of nitrogens with one attached hydrogen (secondary N) is 2. The topological polar surface area (TPSA) is 120 Å². The molecule has 0 aliphatic heterocycles. The zero-order valence-electron chi connectivity index (χ0n) is 27.1. The number of rotatable bonds is 24. The number of ether oxygens (including phenoxy) is 3. The Morgan fingerprint density at radius 3 is 1.84 bits per heavy atom. The van der Waals surface area contributed by atoms with E-state index >= 15 is 0 Å². The Morgan fingerprint density at radius 1 is 0.644 bits per heavy atom. The van der Waals surface area contributed by atoms with Crippen LogP contribution in [0.1, 0.15) is 102 Å². The lowest BCUT2D eigenvalue weighted by molar-refractivity contribution is -0.151. The van der Waals surface area contributed by atoms with Crippen molar-refractivity contribution in [1.29, 1.82) is 0 Å². The lowest BCUT2D eigenvalue weighted by Crippen LogP contribution is -2.53. The summed E-state index contributed by atoms with van der Waals surface area (Å²) in [6, 6.07) is 16.4. The minimum Gasteiger partial charge on any atom is -0.461 e. The van der Waals surface area contributed by atoms with Crippen molar-refractivity contribution in [2.24, 2.45) is 0 Å². The van der Waals surface area contributed by atoms with Crippen LogP contribution in [0.2, 0.25) is 0 Å². The van der Waals surface area contributed by atoms with Crippen LogP contribution in [0.4, 0.5) is 0 Å². The molecule has 0 saturated carbocycles. The second-order valence-electron chi connectivity index (χ2n) is 11.3. The lowest BCUT2D eigenvalue weighted by Gasteiger charge is -2.23. The Kier molecular flexibility index (Phi) is 19.7. The number of esters is 2. The summed E-state index contributed by atoms with van der Waals surface area (Å²) in [6.07, 6.45) is 9.48. The molecule has 0 aliphatic rings. The van der Waals surface area contributed by atoms with Crippen molar-refractivity contribution >= 4 is 23.8 Å². The molecule has 0 aromatic heterocycles. The van der Waals surface area contributed by atoms with E-state index in [1.165, 1.54) is 19.3 Å². The summed E-state index contributed by atoms with van der Waals surface area (Å²) in [5, 5.41) is 5.50. The van der Waals surface area contributed by atoms with E-state index in [0.717, 1.165) is 49.7 Å². The second kappa shape index (κ2) is 23.6. The third kappa shape index (κ3) is 17.4. The Bertz CT molecular complexity index is 1110. The van der Waals surface area contributed by atoms with Crippen molar-refractivity contribution < 1.29 is 33.4 Å². The van der Waals surface area contributed by atoms with Gasteiger partial charge in [-0.15, -0.1) is 0 Å². The molecule has 0 saturated heterocycles. The van der Waals surface area contributed by atoms with Crippen molar-refractivity contribution in [3.63, 3.8) is 0 Å². The summed E-state index contributed by atoms with van der Waals surface area (Å²) in [5.74, 6) is -1.99. The molecule has 9 heteroatoms. The number of hydrogen-bond donors (Lipinski definition) is 2. The molecule has 0 heterocycles. The molecule has 2 rings (SSSR count). The van der Waals surface area contributed by atoms with E-state index < -0.39 is 29.9 Å². The van der Waals surface area contributed by atoms with Gasteiger partial charge in [0.1, 0.15) is 25.3 Å². The van der Waals surface area contributed by atoms with Gasteiger partial charge in [0.2, 0.25) is 11.8 Å². The minimum atomic E-state index is -1.12. The van der Waals surface area contributed by atoms with E-state index in [1.807, 2.05) is 67.6 Å². The van der Waals surface area contributed by atoms with Gasteiger partial charge in [-0.3, -0.25) is 14.4 Å². The summed E-state index contributed by atoms with van der Waals surface area (Å²) in [7, 11) is 0. The third-order valence-electron chi connectivity index (χ3n) is 7.29. The van der Waals surface area contributed by atoms with Gasteiger partial charge in [-0.05, 0) is 30.4 Å². The van der Waals surface area contributed by atoms with Crippen LogP contribution in [0.3, 0.4) is 0 Å².